The topological polar surface area (TPSA) is 72.0 Å². The van der Waals surface area contributed by atoms with Gasteiger partial charge in [-0.05, 0) is 37.5 Å². The van der Waals surface area contributed by atoms with Gasteiger partial charge in [0.2, 0.25) is 0 Å². The fourth-order valence-corrected chi connectivity index (χ4v) is 4.35. The van der Waals surface area contributed by atoms with Gasteiger partial charge in [0.15, 0.2) is 0 Å². The molecule has 31 heavy (non-hydrogen) atoms. The Balaban J connectivity index is 0.000000592. The molecule has 2 atom stereocenters. The summed E-state index contributed by atoms with van der Waals surface area (Å²) in [7, 11) is 0.964. The van der Waals surface area contributed by atoms with Gasteiger partial charge in [-0.25, -0.2) is 8.42 Å². The Hall–Kier alpha value is -0.777. The van der Waals surface area contributed by atoms with Crippen LogP contribution in [-0.4, -0.2) is 20.5 Å². The second kappa shape index (κ2) is 15.1. The number of rotatable bonds is 4. The number of halogens is 1. The molecule has 1 N–H and O–H groups in total. The van der Waals surface area contributed by atoms with Gasteiger partial charge in [0.05, 0.1) is 0 Å². The number of sulfonamides is 1. The molecule has 1 aliphatic rings. The molecule has 0 radical (unpaired) electrons. The molecule has 0 heterocycles. The third-order valence-corrected chi connectivity index (χ3v) is 6.48. The van der Waals surface area contributed by atoms with Crippen molar-refractivity contribution in [1.82, 2.24) is 0 Å². The van der Waals surface area contributed by atoms with Crippen LogP contribution in [0.3, 0.4) is 0 Å². The first-order valence-corrected chi connectivity index (χ1v) is 13.8. The summed E-state index contributed by atoms with van der Waals surface area (Å²) in [5.41, 5.74) is 11.6. The summed E-state index contributed by atoms with van der Waals surface area (Å²) in [5, 5.41) is 0. The molecular weight excluding hydrogens is 517 g/mol. The van der Waals surface area contributed by atoms with Crippen LogP contribution < -0.4 is 0 Å². The van der Waals surface area contributed by atoms with Gasteiger partial charge in [-0.2, -0.15) is 6.04 Å². The van der Waals surface area contributed by atoms with Crippen molar-refractivity contribution in [3.8, 4) is 0 Å². The maximum atomic E-state index is 12.1. The second-order valence-electron chi connectivity index (χ2n) is 7.92. The summed E-state index contributed by atoms with van der Waals surface area (Å²) in [5.74, 6) is 0.653. The predicted octanol–water partition coefficient (Wildman–Crippen LogP) is 7.68. The van der Waals surface area contributed by atoms with Gasteiger partial charge in [-0.3, -0.25) is 0 Å². The molecule has 1 aliphatic carbocycles. The van der Waals surface area contributed by atoms with Crippen LogP contribution in [0, 0.1) is 21.3 Å². The zero-order valence-electron chi connectivity index (χ0n) is 19.1. The number of nitrogens with zero attached hydrogens (tertiary/aromatic N) is 1. The summed E-state index contributed by atoms with van der Waals surface area (Å²) in [6, 6.07) is 14.7. The van der Waals surface area contributed by atoms with Crippen molar-refractivity contribution >= 4 is 19.7 Å². The Kier molecular flexibility index (Phi) is 14.8. The summed E-state index contributed by atoms with van der Waals surface area (Å²) in [6.07, 6.45) is 3.43. The minimum absolute atomic E-state index is 0. The molecule has 0 amide bonds. The third-order valence-electron chi connectivity index (χ3n) is 5.07. The first kappa shape index (κ1) is 30.2. The Bertz CT molecular complexity index is 841. The number of hydrogen-bond acceptors (Lipinski definition) is 2. The van der Waals surface area contributed by atoms with Gasteiger partial charge in [-0.1, -0.05) is 87.1 Å². The predicted molar refractivity (Wildman–Crippen MR) is 130 cm³/mol. The number of nitrogens with one attached hydrogen (secondary N) is 1. The maximum absolute atomic E-state index is 12.1. The molecule has 1 saturated carbocycles. The van der Waals surface area contributed by atoms with Crippen molar-refractivity contribution in [2.24, 2.45) is 0 Å². The first-order chi connectivity index (χ1) is 14.2. The molecule has 174 valence electrons. The summed E-state index contributed by atoms with van der Waals surface area (Å²) < 4.78 is 28.1. The fraction of sp³-hybridized carbons (Fsp3) is 0.458. The van der Waals surface area contributed by atoms with E-state index in [-0.39, 0.29) is 24.4 Å². The molecule has 0 aromatic heterocycles. The zero-order chi connectivity index (χ0) is 22.7. The van der Waals surface area contributed by atoms with E-state index in [9.17, 15) is 8.42 Å². The Labute approximate surface area is 204 Å². The minimum atomic E-state index is -3.60. The van der Waals surface area contributed by atoms with E-state index in [1.54, 1.807) is 24.3 Å². The number of benzene rings is 2. The van der Waals surface area contributed by atoms with E-state index in [4.69, 9.17) is 5.73 Å². The van der Waals surface area contributed by atoms with E-state index in [1.807, 2.05) is 24.2 Å². The van der Waals surface area contributed by atoms with Gasteiger partial charge in [0.25, 0.3) is 0 Å². The number of hydrogen-bond donors (Lipinski definition) is 0. The van der Waals surface area contributed by atoms with Gasteiger partial charge >= 0.3 is 27.0 Å². The van der Waals surface area contributed by atoms with Gasteiger partial charge < -0.3 is 17.9 Å². The molecule has 4 nitrogen and oxygen atoms in total. The monoisotopic (exact) mass is 552 g/mol. The Morgan fingerprint density at radius 1 is 0.935 bits per heavy atom. The molecule has 0 aliphatic heterocycles. The van der Waals surface area contributed by atoms with Gasteiger partial charge in [0, 0.05) is 4.90 Å². The van der Waals surface area contributed by atoms with Crippen LogP contribution in [0.25, 0.3) is 10.5 Å². The molecule has 0 unspecified atom stereocenters. The summed E-state index contributed by atoms with van der Waals surface area (Å²) in [6.45, 7) is 8.45. The average Bonchev–Trinajstić information content (AvgIpc) is 2.72. The van der Waals surface area contributed by atoms with Crippen molar-refractivity contribution < 1.29 is 25.7 Å². The van der Waals surface area contributed by atoms with E-state index in [0.29, 0.717) is 12.3 Å². The van der Waals surface area contributed by atoms with E-state index >= 15 is 0 Å². The van der Waals surface area contributed by atoms with E-state index in [2.05, 4.69) is 59.4 Å². The van der Waals surface area contributed by atoms with Crippen molar-refractivity contribution in [2.45, 2.75) is 76.3 Å². The quantitative estimate of drug-likeness (QED) is 0.289. The molecular formula is C24H35ClN2O2RuS. The normalized spacial score (nSPS) is 18.0. The Morgan fingerprint density at radius 3 is 1.84 bits per heavy atom. The molecule has 0 spiro atoms. The molecule has 0 bridgehead atoms. The van der Waals surface area contributed by atoms with Crippen LogP contribution >= 0.6 is 9.69 Å². The third kappa shape index (κ3) is 10.6. The van der Waals surface area contributed by atoms with Crippen molar-refractivity contribution in [3.05, 3.63) is 83.1 Å². The molecule has 7 heteroatoms. The van der Waals surface area contributed by atoms with Crippen LogP contribution in [0.1, 0.15) is 62.1 Å². The van der Waals surface area contributed by atoms with Gasteiger partial charge in [0.1, 0.15) is 10.0 Å². The number of aryl methyl sites for hydroxylation is 2. The summed E-state index contributed by atoms with van der Waals surface area (Å²) in [4.78, 5) is 0.228. The molecule has 2 aromatic rings. The van der Waals surface area contributed by atoms with Crippen molar-refractivity contribution in [3.63, 3.8) is 0 Å². The van der Waals surface area contributed by atoms with Crippen LogP contribution in [-0.2, 0) is 27.3 Å². The van der Waals surface area contributed by atoms with Crippen LogP contribution in [0.5, 0.6) is 0 Å². The SMILES string of the molecule is Cc1ccc(C(C)C)cc1.Cc1ccc(S(=O)(=O)[N-][C@@H]2CCCC[C@H]2[NH-])cc1.[CH3-].[Cl][Ru+3]. The first-order valence-electron chi connectivity index (χ1n) is 10.1. The van der Waals surface area contributed by atoms with Crippen LogP contribution in [0.15, 0.2) is 53.4 Å². The van der Waals surface area contributed by atoms with Gasteiger partial charge in [-0.15, -0.1) is 6.04 Å². The zero-order valence-corrected chi connectivity index (χ0v) is 22.4. The molecule has 3 rings (SSSR count). The Morgan fingerprint density at radius 2 is 1.39 bits per heavy atom. The molecule has 1 fully saturated rings. The average molecular weight is 552 g/mol. The van der Waals surface area contributed by atoms with Crippen LogP contribution in [0.4, 0.5) is 0 Å². The van der Waals surface area contributed by atoms with Crippen molar-refractivity contribution in [1.29, 1.82) is 0 Å². The van der Waals surface area contributed by atoms with E-state index < -0.39 is 10.0 Å². The standard InChI is InChI=1S/C13H18N2O2S.C10H14.CH3.ClH.Ru/c1-10-6-8-11(9-7-10)18(16,17)15-13-5-3-2-4-12(13)14;1-8(2)10-6-4-9(3)5-7-10;;;/h6-9,12-14H,2-5H2,1H3;4-8H,1-3H3;1H3;1H;/q-2;;-1;;+4/p-1/t12-,13-;;;;/m1..../s1. The van der Waals surface area contributed by atoms with Crippen LogP contribution in [0.2, 0.25) is 0 Å². The van der Waals surface area contributed by atoms with E-state index in [0.717, 1.165) is 24.8 Å². The molecule has 0 saturated heterocycles. The molecule has 2 aromatic carbocycles. The second-order valence-corrected chi connectivity index (χ2v) is 9.55. The van der Waals surface area contributed by atoms with Crippen molar-refractivity contribution in [2.75, 3.05) is 0 Å². The fourth-order valence-electron chi connectivity index (χ4n) is 3.14. The summed E-state index contributed by atoms with van der Waals surface area (Å²) >= 11 is 1.82. The van der Waals surface area contributed by atoms with E-state index in [1.165, 1.54) is 11.1 Å².